The van der Waals surface area contributed by atoms with Crippen LogP contribution in [0.25, 0.3) is 0 Å². The number of imide groups is 1. The molecule has 1 aromatic carbocycles. The van der Waals surface area contributed by atoms with Gasteiger partial charge in [0.1, 0.15) is 11.9 Å². The Bertz CT molecular complexity index is 889. The molecule has 146 valence electrons. The molecule has 7 nitrogen and oxygen atoms in total. The Kier molecular flexibility index (Phi) is 4.33. The number of nitrogens with zero attached hydrogens (tertiary/aromatic N) is 1. The molecule has 1 aliphatic heterocycles. The van der Waals surface area contributed by atoms with Gasteiger partial charge in [-0.2, -0.15) is 0 Å². The number of anilines is 1. The molecule has 3 fully saturated rings. The third kappa shape index (κ3) is 2.82. The lowest BCUT2D eigenvalue weighted by molar-refractivity contribution is -0.149. The van der Waals surface area contributed by atoms with Crippen LogP contribution in [0.3, 0.4) is 0 Å². The fourth-order valence-electron chi connectivity index (χ4n) is 4.86. The Morgan fingerprint density at radius 2 is 1.68 bits per heavy atom. The fraction of sp³-hybridized carbons (Fsp3) is 0.429. The normalized spacial score (nSPS) is 30.4. The molecule has 1 heterocycles. The van der Waals surface area contributed by atoms with Gasteiger partial charge in [0, 0.05) is 18.4 Å². The van der Waals surface area contributed by atoms with Crippen LogP contribution in [-0.2, 0) is 23.9 Å². The number of hydrogen-bond donors (Lipinski definition) is 0. The number of rotatable bonds is 4. The molecule has 0 spiro atoms. The highest BCUT2D eigenvalue weighted by atomic mass is 16.5. The van der Waals surface area contributed by atoms with Crippen LogP contribution >= 0.6 is 0 Å². The van der Waals surface area contributed by atoms with Gasteiger partial charge in [0.25, 0.3) is 0 Å². The van der Waals surface area contributed by atoms with Gasteiger partial charge in [-0.1, -0.05) is 6.58 Å². The lowest BCUT2D eigenvalue weighted by Crippen LogP contribution is -2.36. The molecule has 0 N–H and O–H groups in total. The van der Waals surface area contributed by atoms with Crippen LogP contribution in [0.1, 0.15) is 26.7 Å². The van der Waals surface area contributed by atoms with Crippen LogP contribution in [0.2, 0.25) is 0 Å². The zero-order valence-corrected chi connectivity index (χ0v) is 15.7. The predicted molar refractivity (Wildman–Crippen MR) is 98.1 cm³/mol. The number of carbonyl (C=O) groups is 4. The van der Waals surface area contributed by atoms with Crippen molar-refractivity contribution in [2.24, 2.45) is 23.7 Å². The van der Waals surface area contributed by atoms with E-state index in [1.54, 1.807) is 31.2 Å². The van der Waals surface area contributed by atoms with Gasteiger partial charge in [0.05, 0.1) is 17.5 Å². The highest BCUT2D eigenvalue weighted by molar-refractivity contribution is 6.22. The van der Waals surface area contributed by atoms with Crippen molar-refractivity contribution in [1.29, 1.82) is 0 Å². The summed E-state index contributed by atoms with van der Waals surface area (Å²) in [6.07, 6.45) is 0.974. The average Bonchev–Trinajstić information content (AvgIpc) is 3.27. The number of benzene rings is 1. The average molecular weight is 383 g/mol. The minimum absolute atomic E-state index is 0.0414. The Hall–Kier alpha value is -2.96. The number of amides is 2. The van der Waals surface area contributed by atoms with Gasteiger partial charge >= 0.3 is 11.9 Å². The highest BCUT2D eigenvalue weighted by Gasteiger charge is 2.65. The molecule has 5 unspecified atom stereocenters. The zero-order chi connectivity index (χ0) is 20.2. The van der Waals surface area contributed by atoms with E-state index >= 15 is 0 Å². The van der Waals surface area contributed by atoms with E-state index < -0.39 is 17.9 Å². The Morgan fingerprint density at radius 3 is 2.29 bits per heavy atom. The minimum atomic E-state index is -0.456. The number of esters is 2. The van der Waals surface area contributed by atoms with Crippen molar-refractivity contribution in [3.05, 3.63) is 36.4 Å². The first kappa shape index (κ1) is 18.4. The molecular formula is C21H21NO6. The van der Waals surface area contributed by atoms with E-state index in [-0.39, 0.29) is 35.7 Å². The quantitative estimate of drug-likeness (QED) is 0.343. The van der Waals surface area contributed by atoms with Crippen molar-refractivity contribution in [3.8, 4) is 5.75 Å². The summed E-state index contributed by atoms with van der Waals surface area (Å²) in [4.78, 5) is 50.2. The first-order valence-electron chi connectivity index (χ1n) is 9.30. The standard InChI is InChI=1S/C21H21NO6/c1-10(2)21(26)28-16-9-12-8-15(16)18-17(12)19(24)22(20(18)25)13-4-6-14(7-5-13)27-11(3)23/h4-7,12,15-18H,1,8-9H2,2-3H3. The molecule has 0 aromatic heterocycles. The second-order valence-corrected chi connectivity index (χ2v) is 7.77. The largest absolute Gasteiger partial charge is 0.459 e. The second kappa shape index (κ2) is 6.58. The van der Waals surface area contributed by atoms with Crippen LogP contribution < -0.4 is 9.64 Å². The van der Waals surface area contributed by atoms with Crippen molar-refractivity contribution in [3.63, 3.8) is 0 Å². The lowest BCUT2D eigenvalue weighted by Gasteiger charge is -2.28. The summed E-state index contributed by atoms with van der Waals surface area (Å²) >= 11 is 0. The first-order chi connectivity index (χ1) is 13.3. The molecule has 2 saturated carbocycles. The van der Waals surface area contributed by atoms with Gasteiger partial charge in [-0.3, -0.25) is 19.3 Å². The molecule has 7 heteroatoms. The molecule has 1 aromatic rings. The number of ether oxygens (including phenoxy) is 2. The van der Waals surface area contributed by atoms with E-state index in [4.69, 9.17) is 9.47 Å². The fourth-order valence-corrected chi connectivity index (χ4v) is 4.86. The molecule has 0 radical (unpaired) electrons. The predicted octanol–water partition coefficient (Wildman–Crippen LogP) is 2.25. The zero-order valence-electron chi connectivity index (χ0n) is 15.7. The van der Waals surface area contributed by atoms with Gasteiger partial charge in [0.2, 0.25) is 11.8 Å². The minimum Gasteiger partial charge on any atom is -0.459 e. The van der Waals surface area contributed by atoms with Gasteiger partial charge in [-0.05, 0) is 49.9 Å². The summed E-state index contributed by atoms with van der Waals surface area (Å²) in [5.41, 5.74) is 0.776. The SMILES string of the molecule is C=C(C)C(=O)OC1CC2CC1C1C(=O)N(c3ccc(OC(C)=O)cc3)C(=O)C21. The molecule has 1 saturated heterocycles. The molecule has 5 atom stereocenters. The molecule has 3 aliphatic rings. The number of fused-ring (bicyclic) bond motifs is 5. The van der Waals surface area contributed by atoms with Crippen molar-refractivity contribution in [1.82, 2.24) is 0 Å². The van der Waals surface area contributed by atoms with Crippen molar-refractivity contribution >= 4 is 29.4 Å². The summed E-state index contributed by atoms with van der Waals surface area (Å²) in [5.74, 6) is -1.91. The van der Waals surface area contributed by atoms with E-state index in [1.165, 1.54) is 11.8 Å². The highest BCUT2D eigenvalue weighted by Crippen LogP contribution is 2.57. The molecule has 2 amide bonds. The Balaban J connectivity index is 1.54. The van der Waals surface area contributed by atoms with Gasteiger partial charge in [-0.25, -0.2) is 4.79 Å². The Labute approximate surface area is 162 Å². The van der Waals surface area contributed by atoms with Crippen LogP contribution in [0, 0.1) is 23.7 Å². The van der Waals surface area contributed by atoms with Crippen molar-refractivity contribution in [2.75, 3.05) is 4.90 Å². The molecule has 2 aliphatic carbocycles. The first-order valence-corrected chi connectivity index (χ1v) is 9.30. The number of hydrogen-bond acceptors (Lipinski definition) is 6. The maximum Gasteiger partial charge on any atom is 0.333 e. The van der Waals surface area contributed by atoms with Crippen molar-refractivity contribution in [2.45, 2.75) is 32.8 Å². The topological polar surface area (TPSA) is 90.0 Å². The number of carbonyl (C=O) groups excluding carboxylic acids is 4. The van der Waals surface area contributed by atoms with E-state index in [1.807, 2.05) is 0 Å². The van der Waals surface area contributed by atoms with Gasteiger partial charge in [0.15, 0.2) is 0 Å². The van der Waals surface area contributed by atoms with Crippen LogP contribution in [0.15, 0.2) is 36.4 Å². The summed E-state index contributed by atoms with van der Waals surface area (Å²) in [7, 11) is 0. The maximum absolute atomic E-state index is 13.1. The van der Waals surface area contributed by atoms with Crippen LogP contribution in [0.5, 0.6) is 5.75 Å². The summed E-state index contributed by atoms with van der Waals surface area (Å²) in [5, 5.41) is 0. The maximum atomic E-state index is 13.1. The molecule has 28 heavy (non-hydrogen) atoms. The van der Waals surface area contributed by atoms with Crippen LogP contribution in [-0.4, -0.2) is 29.9 Å². The van der Waals surface area contributed by atoms with Gasteiger partial charge < -0.3 is 9.47 Å². The summed E-state index contributed by atoms with van der Waals surface area (Å²) in [6.45, 7) is 6.48. The summed E-state index contributed by atoms with van der Waals surface area (Å²) < 4.78 is 10.5. The third-order valence-electron chi connectivity index (χ3n) is 5.92. The second-order valence-electron chi connectivity index (χ2n) is 7.77. The monoisotopic (exact) mass is 383 g/mol. The molecular weight excluding hydrogens is 362 g/mol. The third-order valence-corrected chi connectivity index (χ3v) is 5.92. The van der Waals surface area contributed by atoms with E-state index in [0.29, 0.717) is 23.4 Å². The molecule has 2 bridgehead atoms. The Morgan fingerprint density at radius 1 is 1.04 bits per heavy atom. The van der Waals surface area contributed by atoms with E-state index in [0.717, 1.165) is 6.42 Å². The summed E-state index contributed by atoms with van der Waals surface area (Å²) in [6, 6.07) is 6.29. The van der Waals surface area contributed by atoms with E-state index in [9.17, 15) is 19.2 Å². The molecule has 4 rings (SSSR count). The lowest BCUT2D eigenvalue weighted by atomic mass is 9.79. The smallest absolute Gasteiger partial charge is 0.333 e. The van der Waals surface area contributed by atoms with E-state index in [2.05, 4.69) is 6.58 Å². The van der Waals surface area contributed by atoms with Gasteiger partial charge in [-0.15, -0.1) is 0 Å². The van der Waals surface area contributed by atoms with Crippen LogP contribution in [0.4, 0.5) is 5.69 Å². The van der Waals surface area contributed by atoms with Crippen molar-refractivity contribution < 1.29 is 28.7 Å².